The smallest absolute Gasteiger partial charge is 0.162 e. The topological polar surface area (TPSA) is 42.2 Å². The first-order valence-corrected chi connectivity index (χ1v) is 8.10. The molecule has 0 spiro atoms. The van der Waals surface area contributed by atoms with E-state index >= 15 is 0 Å². The summed E-state index contributed by atoms with van der Waals surface area (Å²) in [4.78, 5) is 12.2. The zero-order valence-electron chi connectivity index (χ0n) is 14.0. The van der Waals surface area contributed by atoms with Gasteiger partial charge in [-0.2, -0.15) is 0 Å². The molecule has 1 N–H and O–H groups in total. The molecule has 0 aliphatic rings. The van der Waals surface area contributed by atoms with Crippen LogP contribution >= 0.6 is 0 Å². The van der Waals surface area contributed by atoms with Crippen molar-refractivity contribution >= 4 is 5.78 Å². The lowest BCUT2D eigenvalue weighted by atomic mass is 10.0. The number of ketones is 1. The molecule has 0 unspecified atom stereocenters. The highest BCUT2D eigenvalue weighted by Crippen LogP contribution is 2.30. The molecule has 0 radical (unpaired) electrons. The number of Topliss-reactive ketones (excluding diaryl/α,β-unsaturated/α-hetero) is 1. The predicted octanol–water partition coefficient (Wildman–Crippen LogP) is 4.61. The molecule has 3 rings (SSSR count). The third-order valence-electron chi connectivity index (χ3n) is 4.34. The highest BCUT2D eigenvalue weighted by molar-refractivity contribution is 6.02. The van der Waals surface area contributed by atoms with Gasteiger partial charge in [0, 0.05) is 29.6 Å². The zero-order chi connectivity index (χ0) is 17.1. The number of hydrogen-bond donors (Lipinski definition) is 1. The van der Waals surface area contributed by atoms with Gasteiger partial charge in [-0.15, -0.1) is 0 Å². The first-order valence-electron chi connectivity index (χ1n) is 8.10. The van der Waals surface area contributed by atoms with Crippen LogP contribution in [0.2, 0.25) is 0 Å². The largest absolute Gasteiger partial charge is 0.508 e. The summed E-state index contributed by atoms with van der Waals surface area (Å²) in [6.07, 6.45) is 2.93. The Morgan fingerprint density at radius 2 is 1.83 bits per heavy atom. The maximum atomic E-state index is 12.2. The van der Waals surface area contributed by atoms with Crippen LogP contribution in [0.3, 0.4) is 0 Å². The maximum Gasteiger partial charge on any atom is 0.162 e. The quantitative estimate of drug-likeness (QED) is 0.698. The number of carbonyl (C=O) groups excluding carboxylic acids is 1. The molecule has 0 fully saturated rings. The summed E-state index contributed by atoms with van der Waals surface area (Å²) in [5.74, 6) is 0.251. The lowest BCUT2D eigenvalue weighted by Crippen LogP contribution is -2.04. The van der Waals surface area contributed by atoms with E-state index in [4.69, 9.17) is 0 Å². The van der Waals surface area contributed by atoms with Crippen molar-refractivity contribution in [3.05, 3.63) is 77.6 Å². The molecule has 1 aromatic heterocycles. The lowest BCUT2D eigenvalue weighted by Gasteiger charge is -2.06. The Morgan fingerprint density at radius 3 is 2.50 bits per heavy atom. The molecule has 0 aliphatic carbocycles. The van der Waals surface area contributed by atoms with Crippen LogP contribution in [0.1, 0.15) is 28.5 Å². The number of phenols is 1. The number of hydrogen-bond acceptors (Lipinski definition) is 2. The van der Waals surface area contributed by atoms with Gasteiger partial charge in [0.2, 0.25) is 0 Å². The number of aromatic nitrogens is 1. The molecule has 24 heavy (non-hydrogen) atoms. The van der Waals surface area contributed by atoms with Gasteiger partial charge in [0.15, 0.2) is 5.78 Å². The van der Waals surface area contributed by atoms with Crippen molar-refractivity contribution in [3.63, 3.8) is 0 Å². The third-order valence-corrected chi connectivity index (χ3v) is 4.34. The molecule has 0 saturated carbocycles. The van der Waals surface area contributed by atoms with Crippen molar-refractivity contribution in [1.82, 2.24) is 4.57 Å². The number of aromatic hydroxyl groups is 1. The zero-order valence-corrected chi connectivity index (χ0v) is 14.0. The molecule has 0 aliphatic heterocycles. The predicted molar refractivity (Wildman–Crippen MR) is 96.4 cm³/mol. The number of carbonyl (C=O) groups is 1. The van der Waals surface area contributed by atoms with E-state index in [2.05, 4.69) is 16.7 Å². The fourth-order valence-electron chi connectivity index (χ4n) is 3.12. The van der Waals surface area contributed by atoms with E-state index in [9.17, 15) is 9.90 Å². The summed E-state index contributed by atoms with van der Waals surface area (Å²) in [6.45, 7) is 4.39. The summed E-state index contributed by atoms with van der Waals surface area (Å²) >= 11 is 0. The van der Waals surface area contributed by atoms with Crippen LogP contribution in [-0.2, 0) is 13.0 Å². The van der Waals surface area contributed by atoms with Gasteiger partial charge in [-0.1, -0.05) is 42.5 Å². The van der Waals surface area contributed by atoms with Gasteiger partial charge in [-0.3, -0.25) is 4.79 Å². The monoisotopic (exact) mass is 319 g/mol. The Balaban J connectivity index is 1.96. The maximum absolute atomic E-state index is 12.2. The molecule has 0 amide bonds. The van der Waals surface area contributed by atoms with E-state index in [-0.39, 0.29) is 11.5 Å². The van der Waals surface area contributed by atoms with Gasteiger partial charge in [-0.05, 0) is 43.5 Å². The number of nitrogens with zero attached hydrogens (tertiary/aromatic N) is 1. The molecule has 3 heteroatoms. The van der Waals surface area contributed by atoms with E-state index in [0.717, 1.165) is 35.3 Å². The normalized spacial score (nSPS) is 10.8. The molecule has 3 aromatic rings. The van der Waals surface area contributed by atoms with Crippen molar-refractivity contribution in [3.8, 4) is 16.9 Å². The van der Waals surface area contributed by atoms with Gasteiger partial charge in [0.05, 0.1) is 0 Å². The second-order valence-corrected chi connectivity index (χ2v) is 6.04. The van der Waals surface area contributed by atoms with E-state index in [1.54, 1.807) is 25.1 Å². The minimum Gasteiger partial charge on any atom is -0.508 e. The van der Waals surface area contributed by atoms with Crippen LogP contribution in [-0.4, -0.2) is 15.5 Å². The first-order chi connectivity index (χ1) is 11.6. The fraction of sp³-hybridized carbons (Fsp3) is 0.190. The SMILES string of the molecule is CC(=O)c1c(-c2cccc(O)c2)cn(CCc2ccccc2)c1C. The van der Waals surface area contributed by atoms with Crippen molar-refractivity contribution in [2.45, 2.75) is 26.8 Å². The minimum absolute atomic E-state index is 0.0457. The summed E-state index contributed by atoms with van der Waals surface area (Å²) < 4.78 is 2.13. The molecular formula is C21H21NO2. The minimum atomic E-state index is 0.0457. The third kappa shape index (κ3) is 3.25. The molecule has 122 valence electrons. The second-order valence-electron chi connectivity index (χ2n) is 6.04. The van der Waals surface area contributed by atoms with E-state index in [1.807, 2.05) is 37.4 Å². The summed E-state index contributed by atoms with van der Waals surface area (Å²) in [5.41, 5.74) is 4.71. The average Bonchev–Trinajstić information content (AvgIpc) is 2.91. The lowest BCUT2D eigenvalue weighted by molar-refractivity contribution is 0.101. The average molecular weight is 319 g/mol. The number of rotatable bonds is 5. The Hall–Kier alpha value is -2.81. The Kier molecular flexibility index (Phi) is 4.52. The van der Waals surface area contributed by atoms with Crippen LogP contribution in [0.15, 0.2) is 60.8 Å². The van der Waals surface area contributed by atoms with E-state index < -0.39 is 0 Å². The molecule has 0 saturated heterocycles. The molecule has 3 nitrogen and oxygen atoms in total. The Morgan fingerprint density at radius 1 is 1.08 bits per heavy atom. The van der Waals surface area contributed by atoms with E-state index in [0.29, 0.717) is 0 Å². The van der Waals surface area contributed by atoms with Gasteiger partial charge in [0.1, 0.15) is 5.75 Å². The summed E-state index contributed by atoms with van der Waals surface area (Å²) in [5, 5.41) is 9.74. The summed E-state index contributed by atoms with van der Waals surface area (Å²) in [7, 11) is 0. The number of benzene rings is 2. The number of phenolic OH excluding ortho intramolecular Hbond substituents is 1. The van der Waals surface area contributed by atoms with Crippen LogP contribution in [0.4, 0.5) is 0 Å². The van der Waals surface area contributed by atoms with Crippen LogP contribution in [0, 0.1) is 6.92 Å². The van der Waals surface area contributed by atoms with Gasteiger partial charge < -0.3 is 9.67 Å². The van der Waals surface area contributed by atoms with Crippen molar-refractivity contribution in [2.75, 3.05) is 0 Å². The molecule has 1 heterocycles. The standard InChI is InChI=1S/C21H21NO2/c1-15-21(16(2)23)20(18-9-6-10-19(24)13-18)14-22(15)12-11-17-7-4-3-5-8-17/h3-10,13-14,24H,11-12H2,1-2H3. The fourth-order valence-corrected chi connectivity index (χ4v) is 3.12. The Labute approximate surface area is 142 Å². The van der Waals surface area contributed by atoms with Crippen molar-refractivity contribution < 1.29 is 9.90 Å². The molecule has 2 aromatic carbocycles. The van der Waals surface area contributed by atoms with Crippen LogP contribution in [0.25, 0.3) is 11.1 Å². The molecule has 0 bridgehead atoms. The highest BCUT2D eigenvalue weighted by Gasteiger charge is 2.17. The van der Waals surface area contributed by atoms with Gasteiger partial charge >= 0.3 is 0 Å². The van der Waals surface area contributed by atoms with Crippen molar-refractivity contribution in [1.29, 1.82) is 0 Å². The Bertz CT molecular complexity index is 863. The summed E-state index contributed by atoms with van der Waals surface area (Å²) in [6, 6.07) is 17.4. The highest BCUT2D eigenvalue weighted by atomic mass is 16.3. The van der Waals surface area contributed by atoms with Gasteiger partial charge in [-0.25, -0.2) is 0 Å². The van der Waals surface area contributed by atoms with Crippen LogP contribution < -0.4 is 0 Å². The second kappa shape index (κ2) is 6.75. The first kappa shape index (κ1) is 16.1. The van der Waals surface area contributed by atoms with Crippen LogP contribution in [0.5, 0.6) is 5.75 Å². The number of aryl methyl sites for hydroxylation is 2. The molecular weight excluding hydrogens is 298 g/mol. The van der Waals surface area contributed by atoms with Crippen molar-refractivity contribution in [2.24, 2.45) is 0 Å². The van der Waals surface area contributed by atoms with Gasteiger partial charge in [0.25, 0.3) is 0 Å². The molecule has 0 atom stereocenters. The van der Waals surface area contributed by atoms with E-state index in [1.165, 1.54) is 5.56 Å².